The topological polar surface area (TPSA) is 9.23 Å². The molecule has 1 radical (unpaired) electrons. The molecule has 0 aromatic heterocycles. The van der Waals surface area contributed by atoms with Gasteiger partial charge in [-0.15, -0.1) is 0 Å². The van der Waals surface area contributed by atoms with E-state index in [2.05, 4.69) is 18.2 Å². The van der Waals surface area contributed by atoms with E-state index in [0.717, 1.165) is 11.3 Å². The third-order valence-corrected chi connectivity index (χ3v) is 2.33. The molecule has 2 aromatic rings. The summed E-state index contributed by atoms with van der Waals surface area (Å²) in [6.07, 6.45) is 4.16. The number of hydrogen-bond acceptors (Lipinski definition) is 1. The second kappa shape index (κ2) is 5.17. The Balaban J connectivity index is 2.12. The summed E-state index contributed by atoms with van der Waals surface area (Å²) in [5.74, 6) is 0.881. The van der Waals surface area contributed by atoms with Gasteiger partial charge in [-0.2, -0.15) is 0 Å². The summed E-state index contributed by atoms with van der Waals surface area (Å²) in [6.45, 7) is 0. The highest BCUT2D eigenvalue weighted by molar-refractivity contribution is 5.69. The monoisotopic (exact) mass is 209 g/mol. The molecule has 0 saturated heterocycles. The van der Waals surface area contributed by atoms with Crippen molar-refractivity contribution in [3.05, 3.63) is 65.7 Å². The van der Waals surface area contributed by atoms with Crippen molar-refractivity contribution in [1.29, 1.82) is 0 Å². The summed E-state index contributed by atoms with van der Waals surface area (Å²) >= 11 is 0. The Morgan fingerprint density at radius 3 is 2.00 bits per heavy atom. The Morgan fingerprint density at radius 1 is 0.875 bits per heavy atom. The molecule has 0 atom stereocenters. The normalized spacial score (nSPS) is 10.6. The molecule has 0 fully saturated rings. The van der Waals surface area contributed by atoms with E-state index in [9.17, 15) is 0 Å². The molecule has 0 saturated carbocycles. The van der Waals surface area contributed by atoms with Gasteiger partial charge in [0.15, 0.2) is 0 Å². The fourth-order valence-corrected chi connectivity index (χ4v) is 1.42. The molecule has 2 rings (SSSR count). The first-order valence-electron chi connectivity index (χ1n) is 5.17. The molecule has 0 aliphatic rings. The van der Waals surface area contributed by atoms with Gasteiger partial charge in [-0.05, 0) is 29.3 Å². The van der Waals surface area contributed by atoms with Crippen molar-refractivity contribution in [2.24, 2.45) is 0 Å². The van der Waals surface area contributed by atoms with E-state index in [-0.39, 0.29) is 0 Å². The van der Waals surface area contributed by atoms with Crippen molar-refractivity contribution in [2.75, 3.05) is 7.11 Å². The molecule has 2 aromatic carbocycles. The quantitative estimate of drug-likeness (QED) is 0.701. The summed E-state index contributed by atoms with van der Waals surface area (Å²) in [5, 5.41) is 0. The average molecular weight is 209 g/mol. The SMILES string of the molecule is COc1ccc(/C=C/c2cc[c]cc2)cc1. The fourth-order valence-electron chi connectivity index (χ4n) is 1.42. The second-order valence-corrected chi connectivity index (χ2v) is 3.44. The van der Waals surface area contributed by atoms with Crippen molar-refractivity contribution in [3.63, 3.8) is 0 Å². The van der Waals surface area contributed by atoms with Gasteiger partial charge >= 0.3 is 0 Å². The van der Waals surface area contributed by atoms with Crippen LogP contribution < -0.4 is 4.74 Å². The summed E-state index contributed by atoms with van der Waals surface area (Å²) in [6, 6.07) is 18.8. The van der Waals surface area contributed by atoms with Gasteiger partial charge in [0.2, 0.25) is 0 Å². The Labute approximate surface area is 96.0 Å². The standard InChI is InChI=1S/C15H13O/c1-16-15-11-9-14(10-12-15)8-7-13-5-3-2-4-6-13/h3-12H,1H3/b8-7+. The molecule has 1 nitrogen and oxygen atoms in total. The Bertz CT molecular complexity index is 455. The van der Waals surface area contributed by atoms with Gasteiger partial charge in [0.1, 0.15) is 5.75 Å². The molecule has 0 aliphatic carbocycles. The van der Waals surface area contributed by atoms with Crippen molar-refractivity contribution >= 4 is 12.2 Å². The van der Waals surface area contributed by atoms with E-state index in [1.54, 1.807) is 7.11 Å². The Kier molecular flexibility index (Phi) is 3.39. The van der Waals surface area contributed by atoms with E-state index in [4.69, 9.17) is 4.74 Å². The molecular formula is C15H13O. The highest BCUT2D eigenvalue weighted by Gasteiger charge is 1.90. The van der Waals surface area contributed by atoms with Crippen molar-refractivity contribution < 1.29 is 4.74 Å². The smallest absolute Gasteiger partial charge is 0.118 e. The molecular weight excluding hydrogens is 196 g/mol. The van der Waals surface area contributed by atoms with Crippen LogP contribution in [0.15, 0.2) is 48.5 Å². The lowest BCUT2D eigenvalue weighted by Crippen LogP contribution is -1.81. The first-order chi connectivity index (χ1) is 7.88. The molecule has 0 aliphatic heterocycles. The van der Waals surface area contributed by atoms with Crippen LogP contribution in [-0.4, -0.2) is 7.11 Å². The molecule has 0 N–H and O–H groups in total. The van der Waals surface area contributed by atoms with Crippen LogP contribution in [0.1, 0.15) is 11.1 Å². The van der Waals surface area contributed by atoms with Gasteiger partial charge in [0, 0.05) is 0 Å². The highest BCUT2D eigenvalue weighted by Crippen LogP contribution is 2.13. The molecule has 0 heterocycles. The molecule has 16 heavy (non-hydrogen) atoms. The third-order valence-electron chi connectivity index (χ3n) is 2.33. The van der Waals surface area contributed by atoms with Gasteiger partial charge < -0.3 is 4.74 Å². The minimum Gasteiger partial charge on any atom is -0.497 e. The van der Waals surface area contributed by atoms with E-state index in [1.807, 2.05) is 48.5 Å². The third kappa shape index (κ3) is 2.74. The Hall–Kier alpha value is -2.02. The van der Waals surface area contributed by atoms with Crippen LogP contribution in [0.3, 0.4) is 0 Å². The highest BCUT2D eigenvalue weighted by atomic mass is 16.5. The maximum absolute atomic E-state index is 5.10. The first kappa shape index (κ1) is 10.5. The van der Waals surface area contributed by atoms with Crippen LogP contribution in [-0.2, 0) is 0 Å². The number of ether oxygens (including phenoxy) is 1. The summed E-state index contributed by atoms with van der Waals surface area (Å²) in [5.41, 5.74) is 2.34. The fraction of sp³-hybridized carbons (Fsp3) is 0.0667. The lowest BCUT2D eigenvalue weighted by Gasteiger charge is -1.99. The van der Waals surface area contributed by atoms with Crippen LogP contribution in [0.4, 0.5) is 0 Å². The van der Waals surface area contributed by atoms with Gasteiger partial charge in [0.25, 0.3) is 0 Å². The first-order valence-corrected chi connectivity index (χ1v) is 5.17. The minimum absolute atomic E-state index is 0.881. The number of hydrogen-bond donors (Lipinski definition) is 0. The van der Waals surface area contributed by atoms with Gasteiger partial charge in [0.05, 0.1) is 7.11 Å². The largest absolute Gasteiger partial charge is 0.497 e. The average Bonchev–Trinajstić information content (AvgIpc) is 2.38. The summed E-state index contributed by atoms with van der Waals surface area (Å²) in [7, 11) is 1.67. The van der Waals surface area contributed by atoms with Gasteiger partial charge in [-0.25, -0.2) is 0 Å². The van der Waals surface area contributed by atoms with Crippen LogP contribution in [0.2, 0.25) is 0 Å². The molecule has 1 heteroatoms. The molecule has 0 bridgehead atoms. The zero-order valence-corrected chi connectivity index (χ0v) is 9.18. The van der Waals surface area contributed by atoms with E-state index in [1.165, 1.54) is 5.56 Å². The van der Waals surface area contributed by atoms with E-state index < -0.39 is 0 Å². The lowest BCUT2D eigenvalue weighted by atomic mass is 10.1. The van der Waals surface area contributed by atoms with Crippen molar-refractivity contribution in [3.8, 4) is 5.75 Å². The van der Waals surface area contributed by atoms with E-state index in [0.29, 0.717) is 0 Å². The van der Waals surface area contributed by atoms with Gasteiger partial charge in [-0.3, -0.25) is 0 Å². The van der Waals surface area contributed by atoms with Crippen LogP contribution in [0, 0.1) is 6.07 Å². The molecule has 0 unspecified atom stereocenters. The van der Waals surface area contributed by atoms with Crippen LogP contribution >= 0.6 is 0 Å². The summed E-state index contributed by atoms with van der Waals surface area (Å²) < 4.78 is 5.10. The predicted molar refractivity (Wildman–Crippen MR) is 67.2 cm³/mol. The zero-order chi connectivity index (χ0) is 11.2. The molecule has 0 amide bonds. The maximum Gasteiger partial charge on any atom is 0.118 e. The summed E-state index contributed by atoms with van der Waals surface area (Å²) in [4.78, 5) is 0. The van der Waals surface area contributed by atoms with E-state index >= 15 is 0 Å². The molecule has 0 spiro atoms. The maximum atomic E-state index is 5.10. The van der Waals surface area contributed by atoms with Gasteiger partial charge in [-0.1, -0.05) is 48.6 Å². The molecule has 79 valence electrons. The Morgan fingerprint density at radius 2 is 1.44 bits per heavy atom. The number of benzene rings is 2. The minimum atomic E-state index is 0.881. The second-order valence-electron chi connectivity index (χ2n) is 3.44. The number of rotatable bonds is 3. The zero-order valence-electron chi connectivity index (χ0n) is 9.18. The lowest BCUT2D eigenvalue weighted by molar-refractivity contribution is 0.415. The van der Waals surface area contributed by atoms with Crippen molar-refractivity contribution in [1.82, 2.24) is 0 Å². The van der Waals surface area contributed by atoms with Crippen molar-refractivity contribution in [2.45, 2.75) is 0 Å². The number of methoxy groups -OCH3 is 1. The van der Waals surface area contributed by atoms with Crippen LogP contribution in [0.25, 0.3) is 12.2 Å². The van der Waals surface area contributed by atoms with Crippen LogP contribution in [0.5, 0.6) is 5.75 Å². The predicted octanol–water partition coefficient (Wildman–Crippen LogP) is 3.67.